The van der Waals surface area contributed by atoms with Crippen LogP contribution in [0.4, 0.5) is 5.13 Å². The van der Waals surface area contributed by atoms with Gasteiger partial charge in [-0.25, -0.2) is 4.98 Å². The van der Waals surface area contributed by atoms with Crippen LogP contribution >= 0.6 is 22.9 Å². The van der Waals surface area contributed by atoms with E-state index in [0.717, 1.165) is 12.0 Å². The lowest BCUT2D eigenvalue weighted by Gasteiger charge is -2.27. The number of hydrogen-bond donors (Lipinski definition) is 2. The van der Waals surface area contributed by atoms with Gasteiger partial charge >= 0.3 is 0 Å². The highest BCUT2D eigenvalue weighted by molar-refractivity contribution is 7.17. The van der Waals surface area contributed by atoms with E-state index >= 15 is 0 Å². The molecule has 0 aliphatic carbocycles. The first-order valence-electron chi connectivity index (χ1n) is 10.9. The average molecular weight is 495 g/mol. The summed E-state index contributed by atoms with van der Waals surface area (Å²) >= 11 is 7.37. The minimum Gasteiger partial charge on any atom is -0.489 e. The molecule has 1 atom stereocenters. The third-order valence-corrected chi connectivity index (χ3v) is 6.98. The molecule has 0 radical (unpaired) electrons. The van der Waals surface area contributed by atoms with Gasteiger partial charge in [0.25, 0.3) is 5.91 Å². The molecule has 1 aromatic carbocycles. The van der Waals surface area contributed by atoms with Crippen molar-refractivity contribution >= 4 is 39.9 Å². The third-order valence-electron chi connectivity index (χ3n) is 5.60. The van der Waals surface area contributed by atoms with Crippen molar-refractivity contribution in [2.24, 2.45) is 0 Å². The number of ether oxygens (including phenoxy) is 1. The van der Waals surface area contributed by atoms with Crippen LogP contribution in [0, 0.1) is 13.8 Å². The van der Waals surface area contributed by atoms with E-state index in [2.05, 4.69) is 10.3 Å². The van der Waals surface area contributed by atoms with Crippen molar-refractivity contribution in [2.45, 2.75) is 38.7 Å². The highest BCUT2D eigenvalue weighted by atomic mass is 35.5. The third kappa shape index (κ3) is 6.89. The van der Waals surface area contributed by atoms with Crippen LogP contribution in [0.2, 0.25) is 5.02 Å². The number of thiazole rings is 1. The van der Waals surface area contributed by atoms with Crippen LogP contribution in [0.15, 0.2) is 18.2 Å². The van der Waals surface area contributed by atoms with Crippen molar-refractivity contribution in [3.8, 4) is 5.75 Å². The first kappa shape index (κ1) is 25.4. The first-order valence-corrected chi connectivity index (χ1v) is 12.1. The lowest BCUT2D eigenvalue weighted by atomic mass is 9.96. The molecule has 33 heavy (non-hydrogen) atoms. The van der Waals surface area contributed by atoms with Crippen molar-refractivity contribution in [1.82, 2.24) is 14.8 Å². The van der Waals surface area contributed by atoms with Crippen LogP contribution < -0.4 is 10.1 Å². The molecule has 0 spiro atoms. The Labute approximate surface area is 203 Å². The number of carbonyl (C=O) groups is 2. The minimum absolute atomic E-state index is 0.133. The number of aryl methyl sites for hydroxylation is 2. The Bertz CT molecular complexity index is 1010. The summed E-state index contributed by atoms with van der Waals surface area (Å²) < 4.78 is 5.84. The fraction of sp³-hybridized carbons (Fsp3) is 0.522. The van der Waals surface area contributed by atoms with Gasteiger partial charge in [-0.15, -0.1) is 0 Å². The molecule has 1 unspecified atom stereocenters. The van der Waals surface area contributed by atoms with Crippen LogP contribution in [0.1, 0.15) is 40.2 Å². The Morgan fingerprint density at radius 3 is 2.79 bits per heavy atom. The Morgan fingerprint density at radius 1 is 1.30 bits per heavy atom. The van der Waals surface area contributed by atoms with Crippen molar-refractivity contribution in [1.29, 1.82) is 0 Å². The second-order valence-corrected chi connectivity index (χ2v) is 10.2. The number of benzene rings is 1. The summed E-state index contributed by atoms with van der Waals surface area (Å²) in [4.78, 5) is 33.1. The highest BCUT2D eigenvalue weighted by Crippen LogP contribution is 2.29. The summed E-state index contributed by atoms with van der Waals surface area (Å²) in [6.07, 6.45) is 1.81. The Balaban J connectivity index is 1.52. The number of nitrogens with one attached hydrogen (secondary N) is 1. The summed E-state index contributed by atoms with van der Waals surface area (Å²) in [6, 6.07) is 5.55. The van der Waals surface area contributed by atoms with Crippen molar-refractivity contribution in [3.63, 3.8) is 0 Å². The number of amides is 2. The number of carbonyl (C=O) groups excluding carboxylic acids is 2. The Kier molecular flexibility index (Phi) is 8.33. The number of hydrogen-bond acceptors (Lipinski definition) is 7. The van der Waals surface area contributed by atoms with Gasteiger partial charge in [-0.05, 0) is 57.4 Å². The summed E-state index contributed by atoms with van der Waals surface area (Å²) in [5.41, 5.74) is 0.655. The predicted molar refractivity (Wildman–Crippen MR) is 130 cm³/mol. The van der Waals surface area contributed by atoms with Gasteiger partial charge in [0.2, 0.25) is 5.91 Å². The highest BCUT2D eigenvalue weighted by Gasteiger charge is 2.32. The number of likely N-dealkylation sites (tertiary alicyclic amines) is 1. The second-order valence-electron chi connectivity index (χ2n) is 8.76. The number of halogens is 1. The number of aromatic nitrogens is 1. The molecule has 2 heterocycles. The quantitative estimate of drug-likeness (QED) is 0.613. The van der Waals surface area contributed by atoms with Gasteiger partial charge < -0.3 is 20.1 Å². The molecule has 0 saturated carbocycles. The van der Waals surface area contributed by atoms with E-state index in [9.17, 15) is 14.7 Å². The second kappa shape index (κ2) is 10.8. The largest absolute Gasteiger partial charge is 0.489 e. The standard InChI is InChI=1S/C23H31ClN4O4S/c1-15-6-7-17(24)18(12-15)32-14-23(31)8-5-10-28(11-9-23)13-19(29)26-22-25-16(2)20(33-22)21(30)27(3)4/h6-7,12,31H,5,8-11,13-14H2,1-4H3,(H,25,26,29). The lowest BCUT2D eigenvalue weighted by molar-refractivity contribution is -0.117. The van der Waals surface area contributed by atoms with Crippen molar-refractivity contribution in [3.05, 3.63) is 39.4 Å². The zero-order valence-corrected chi connectivity index (χ0v) is 21.1. The number of aliphatic hydroxyl groups is 1. The topological polar surface area (TPSA) is 95.0 Å². The molecule has 1 aromatic heterocycles. The molecule has 180 valence electrons. The molecule has 10 heteroatoms. The van der Waals surface area contributed by atoms with E-state index < -0.39 is 5.60 Å². The van der Waals surface area contributed by atoms with Gasteiger partial charge in [0.1, 0.15) is 17.2 Å². The van der Waals surface area contributed by atoms with Crippen LogP contribution in [-0.4, -0.2) is 77.6 Å². The molecule has 2 amide bonds. The molecule has 2 aromatic rings. The van der Waals surface area contributed by atoms with E-state index in [4.69, 9.17) is 16.3 Å². The Morgan fingerprint density at radius 2 is 2.06 bits per heavy atom. The average Bonchev–Trinajstić information content (AvgIpc) is 3.00. The lowest BCUT2D eigenvalue weighted by Crippen LogP contribution is -2.38. The van der Waals surface area contributed by atoms with Crippen LogP contribution in [0.25, 0.3) is 0 Å². The van der Waals surface area contributed by atoms with Crippen molar-refractivity contribution in [2.75, 3.05) is 45.7 Å². The molecule has 1 saturated heterocycles. The number of nitrogens with zero attached hydrogens (tertiary/aromatic N) is 3. The van der Waals surface area contributed by atoms with Gasteiger partial charge in [0, 0.05) is 20.6 Å². The fourth-order valence-electron chi connectivity index (χ4n) is 3.68. The minimum atomic E-state index is -0.980. The molecule has 8 nitrogen and oxygen atoms in total. The molecule has 1 aliphatic rings. The maximum Gasteiger partial charge on any atom is 0.265 e. The van der Waals surface area contributed by atoms with E-state index in [1.54, 1.807) is 27.1 Å². The van der Waals surface area contributed by atoms with Crippen molar-refractivity contribution < 1.29 is 19.4 Å². The summed E-state index contributed by atoms with van der Waals surface area (Å²) in [6.45, 7) is 5.32. The molecule has 2 N–H and O–H groups in total. The van der Waals surface area contributed by atoms with Crippen LogP contribution in [0.3, 0.4) is 0 Å². The maximum absolute atomic E-state index is 12.6. The molecule has 3 rings (SSSR count). The first-order chi connectivity index (χ1) is 15.6. The zero-order valence-electron chi connectivity index (χ0n) is 19.5. The molecule has 1 aliphatic heterocycles. The number of rotatable bonds is 7. The monoisotopic (exact) mass is 494 g/mol. The van der Waals surface area contributed by atoms with E-state index in [1.165, 1.54) is 16.2 Å². The van der Waals surface area contributed by atoms with E-state index in [-0.39, 0.29) is 25.0 Å². The Hall–Kier alpha value is -2.20. The van der Waals surface area contributed by atoms with Crippen LogP contribution in [0.5, 0.6) is 5.75 Å². The predicted octanol–water partition coefficient (Wildman–Crippen LogP) is 3.35. The van der Waals surface area contributed by atoms with Gasteiger partial charge in [-0.3, -0.25) is 14.5 Å². The normalized spacial score (nSPS) is 19.1. The summed E-state index contributed by atoms with van der Waals surface area (Å²) in [5.74, 6) is 0.240. The molecule has 1 fully saturated rings. The smallest absolute Gasteiger partial charge is 0.265 e. The van der Waals surface area contributed by atoms with Gasteiger partial charge in [-0.1, -0.05) is 29.0 Å². The summed E-state index contributed by atoms with van der Waals surface area (Å²) in [5, 5.41) is 14.8. The van der Waals surface area contributed by atoms with Gasteiger partial charge in [0.15, 0.2) is 5.13 Å². The SMILES string of the molecule is Cc1ccc(Cl)c(OCC2(O)CCCN(CC(=O)Nc3nc(C)c(C(=O)N(C)C)s3)CC2)c1. The van der Waals surface area contributed by atoms with Gasteiger partial charge in [0.05, 0.1) is 22.9 Å². The maximum atomic E-state index is 12.6. The summed E-state index contributed by atoms with van der Waals surface area (Å²) in [7, 11) is 3.36. The van der Waals surface area contributed by atoms with Gasteiger partial charge in [-0.2, -0.15) is 0 Å². The zero-order chi connectivity index (χ0) is 24.2. The van der Waals surface area contributed by atoms with E-state index in [1.807, 2.05) is 24.0 Å². The molecular weight excluding hydrogens is 464 g/mol. The number of anilines is 1. The molecule has 0 bridgehead atoms. The van der Waals surface area contributed by atoms with Crippen LogP contribution in [-0.2, 0) is 4.79 Å². The molecular formula is C23H31ClN4O4S. The fourth-order valence-corrected chi connectivity index (χ4v) is 4.86. The van der Waals surface area contributed by atoms with E-state index in [0.29, 0.717) is 52.4 Å².